The lowest BCUT2D eigenvalue weighted by molar-refractivity contribution is -0.244. The molecule has 0 aromatic rings. The topological polar surface area (TPSA) is 19.0 Å². The minimum absolute atomic E-state index is 0.397. The van der Waals surface area contributed by atoms with E-state index in [-0.39, 0.29) is 0 Å². The Balaban J connectivity index is 4.77. The van der Waals surface area contributed by atoms with Crippen molar-refractivity contribution in [3.05, 3.63) is 0 Å². The van der Waals surface area contributed by atoms with Gasteiger partial charge in [-0.2, -0.15) is 0 Å². The molecule has 0 radical (unpaired) electrons. The van der Waals surface area contributed by atoms with Crippen LogP contribution in [-0.4, -0.2) is 73.4 Å². The van der Waals surface area contributed by atoms with E-state index in [0.717, 1.165) is 0 Å². The third-order valence-electron chi connectivity index (χ3n) is 2.02. The fraction of sp³-hybridized carbons (Fsp3) is 1.00. The van der Waals surface area contributed by atoms with Gasteiger partial charge in [-0.05, 0) is 42.3 Å². The highest BCUT2D eigenvalue weighted by molar-refractivity contribution is 5.98. The summed E-state index contributed by atoms with van der Waals surface area (Å²) in [6.45, 7) is 0. The molecule has 0 aliphatic heterocycles. The Kier molecular flexibility index (Phi) is 4.36. The molecule has 74 valence electrons. The average Bonchev–Trinajstić information content (AvgIpc) is 1.86. The molecule has 0 aromatic carbocycles. The van der Waals surface area contributed by atoms with Crippen LogP contribution in [-0.2, 0) is 4.43 Å². The lowest BCUT2D eigenvalue weighted by atomic mass is 10.5. The summed E-state index contributed by atoms with van der Waals surface area (Å²) >= 11 is 0. The van der Waals surface area contributed by atoms with Gasteiger partial charge in [0.25, 0.3) is 0 Å². The van der Waals surface area contributed by atoms with Crippen LogP contribution in [0.15, 0.2) is 0 Å². The summed E-state index contributed by atoms with van der Waals surface area (Å²) < 4.78 is 5.64. The first-order valence-electron chi connectivity index (χ1n) is 3.97. The Morgan fingerprint density at radius 3 is 1.08 bits per heavy atom. The second-order valence-corrected chi connectivity index (χ2v) is 3.87. The molecule has 0 spiro atoms. The largest absolute Gasteiger partial charge is 0.387 e. The summed E-state index contributed by atoms with van der Waals surface area (Å²) in [7, 11) is 12.8. The maximum atomic E-state index is 5.64. The van der Waals surface area contributed by atoms with Gasteiger partial charge >= 0.3 is 0 Å². The highest BCUT2D eigenvalue weighted by atomic mass is 28.2. The molecule has 0 aliphatic carbocycles. The number of hydrogen-bond donors (Lipinski definition) is 0. The van der Waals surface area contributed by atoms with Gasteiger partial charge in [-0.1, -0.05) is 0 Å². The quantitative estimate of drug-likeness (QED) is 0.401. The first kappa shape index (κ1) is 12.1. The predicted molar refractivity (Wildman–Crippen MR) is 54.8 cm³/mol. The lowest BCUT2D eigenvalue weighted by Crippen LogP contribution is -2.65. The zero-order valence-corrected chi connectivity index (χ0v) is 11.2. The summed E-state index contributed by atoms with van der Waals surface area (Å²) in [6, 6.07) is 0. The summed E-state index contributed by atoms with van der Waals surface area (Å²) in [5.74, 6) is -0.397. The minimum atomic E-state index is -0.397. The maximum absolute atomic E-state index is 5.64. The van der Waals surface area contributed by atoms with Crippen LogP contribution in [0.2, 0.25) is 0 Å². The molecular formula is C7H21N3OSi. The van der Waals surface area contributed by atoms with E-state index in [0.29, 0.717) is 10.5 Å². The van der Waals surface area contributed by atoms with Crippen LogP contribution in [0.4, 0.5) is 0 Å². The Morgan fingerprint density at radius 1 is 0.833 bits per heavy atom. The molecule has 5 heteroatoms. The molecule has 0 heterocycles. The van der Waals surface area contributed by atoms with Gasteiger partial charge in [-0.15, -0.1) is 0 Å². The molecular weight excluding hydrogens is 170 g/mol. The van der Waals surface area contributed by atoms with Crippen LogP contribution in [0.5, 0.6) is 0 Å². The van der Waals surface area contributed by atoms with Crippen LogP contribution in [0, 0.1) is 0 Å². The molecule has 0 fully saturated rings. The van der Waals surface area contributed by atoms with E-state index in [4.69, 9.17) is 4.43 Å². The standard InChI is InChI=1S/C7H21N3OSi/c1-8(2)7(11-12,9(3)4)10(5)6/h1-6,12H3. The Labute approximate surface area is 78.6 Å². The van der Waals surface area contributed by atoms with Crippen molar-refractivity contribution in [3.63, 3.8) is 0 Å². The molecule has 0 rings (SSSR count). The van der Waals surface area contributed by atoms with Gasteiger partial charge in [0.1, 0.15) is 0 Å². The van der Waals surface area contributed by atoms with Gasteiger partial charge in [0, 0.05) is 0 Å². The number of nitrogens with zero attached hydrogens (tertiary/aromatic N) is 3. The van der Waals surface area contributed by atoms with E-state index in [9.17, 15) is 0 Å². The fourth-order valence-corrected chi connectivity index (χ4v) is 2.84. The van der Waals surface area contributed by atoms with Crippen LogP contribution < -0.4 is 0 Å². The van der Waals surface area contributed by atoms with Crippen LogP contribution in [0.3, 0.4) is 0 Å². The van der Waals surface area contributed by atoms with Crippen molar-refractivity contribution in [2.45, 2.75) is 5.97 Å². The van der Waals surface area contributed by atoms with E-state index in [2.05, 4.69) is 14.7 Å². The van der Waals surface area contributed by atoms with Gasteiger partial charge in [0.15, 0.2) is 10.5 Å². The summed E-state index contributed by atoms with van der Waals surface area (Å²) in [4.78, 5) is 6.17. The molecule has 0 bridgehead atoms. The van der Waals surface area contributed by atoms with Crippen molar-refractivity contribution in [2.24, 2.45) is 0 Å². The number of hydrogen-bond acceptors (Lipinski definition) is 4. The average molecular weight is 191 g/mol. The number of rotatable bonds is 4. The zero-order valence-electron chi connectivity index (χ0n) is 9.25. The second kappa shape index (κ2) is 4.34. The molecule has 0 aromatic heterocycles. The van der Waals surface area contributed by atoms with Crippen molar-refractivity contribution >= 4 is 10.5 Å². The maximum Gasteiger partial charge on any atom is 0.231 e. The molecule has 0 N–H and O–H groups in total. The molecule has 0 saturated heterocycles. The summed E-state index contributed by atoms with van der Waals surface area (Å²) in [5.41, 5.74) is 0. The molecule has 0 unspecified atom stereocenters. The van der Waals surface area contributed by atoms with Gasteiger partial charge < -0.3 is 4.43 Å². The highest BCUT2D eigenvalue weighted by Crippen LogP contribution is 2.17. The van der Waals surface area contributed by atoms with E-state index in [1.54, 1.807) is 0 Å². The normalized spacial score (nSPS) is 13.8. The third-order valence-corrected chi connectivity index (χ3v) is 2.57. The van der Waals surface area contributed by atoms with Crippen LogP contribution in [0.1, 0.15) is 0 Å². The Hall–Kier alpha value is 0.0569. The highest BCUT2D eigenvalue weighted by Gasteiger charge is 2.37. The SMILES string of the molecule is CN(C)C(O[SiH3])(N(C)C)N(C)C. The van der Waals surface area contributed by atoms with E-state index < -0.39 is 5.97 Å². The first-order valence-corrected chi connectivity index (χ1v) is 4.78. The van der Waals surface area contributed by atoms with Crippen molar-refractivity contribution in [1.82, 2.24) is 14.7 Å². The minimum Gasteiger partial charge on any atom is -0.387 e. The summed E-state index contributed by atoms with van der Waals surface area (Å²) in [5, 5.41) is 0. The fourth-order valence-electron chi connectivity index (χ4n) is 1.75. The van der Waals surface area contributed by atoms with Crippen LogP contribution >= 0.6 is 0 Å². The van der Waals surface area contributed by atoms with E-state index in [1.807, 2.05) is 42.3 Å². The van der Waals surface area contributed by atoms with E-state index >= 15 is 0 Å². The van der Waals surface area contributed by atoms with Crippen molar-refractivity contribution < 1.29 is 4.43 Å². The zero-order chi connectivity index (χ0) is 9.94. The summed E-state index contributed by atoms with van der Waals surface area (Å²) in [6.07, 6.45) is 0. The Bertz CT molecular complexity index is 117. The van der Waals surface area contributed by atoms with Crippen LogP contribution in [0.25, 0.3) is 0 Å². The Morgan fingerprint density at radius 2 is 1.08 bits per heavy atom. The second-order valence-electron chi connectivity index (χ2n) is 3.46. The van der Waals surface area contributed by atoms with Crippen molar-refractivity contribution in [1.29, 1.82) is 0 Å². The van der Waals surface area contributed by atoms with Crippen molar-refractivity contribution in [2.75, 3.05) is 42.3 Å². The van der Waals surface area contributed by atoms with Gasteiger partial charge in [0.05, 0.1) is 0 Å². The predicted octanol–water partition coefficient (Wildman–Crippen LogP) is -1.42. The molecule has 0 aliphatic rings. The van der Waals surface area contributed by atoms with Crippen molar-refractivity contribution in [3.8, 4) is 0 Å². The van der Waals surface area contributed by atoms with Gasteiger partial charge in [0.2, 0.25) is 5.97 Å². The third kappa shape index (κ3) is 1.86. The molecule has 0 atom stereocenters. The lowest BCUT2D eigenvalue weighted by Gasteiger charge is -2.48. The molecule has 0 amide bonds. The molecule has 0 saturated carbocycles. The first-order chi connectivity index (χ1) is 5.39. The van der Waals surface area contributed by atoms with Gasteiger partial charge in [-0.25, -0.2) is 0 Å². The smallest absolute Gasteiger partial charge is 0.231 e. The monoisotopic (exact) mass is 191 g/mol. The molecule has 12 heavy (non-hydrogen) atoms. The molecule has 4 nitrogen and oxygen atoms in total. The van der Waals surface area contributed by atoms with Gasteiger partial charge in [-0.3, -0.25) is 14.7 Å². The van der Waals surface area contributed by atoms with E-state index in [1.165, 1.54) is 0 Å².